The highest BCUT2D eigenvalue weighted by Gasteiger charge is 2.41. The lowest BCUT2D eigenvalue weighted by Gasteiger charge is -2.24. The maximum absolute atomic E-state index is 8.08. The SMILES string of the molecule is CC(C)NC[C@@H]1C[C@@H](OC(C)(C)[OH2+])[C@H](n2cnc3c(N)ncnc32)O1. The molecule has 0 aromatic carbocycles. The molecule has 1 aliphatic rings. The van der Waals surface area contributed by atoms with Gasteiger partial charge < -0.3 is 25.6 Å². The van der Waals surface area contributed by atoms with E-state index in [2.05, 4.69) is 34.1 Å². The van der Waals surface area contributed by atoms with Crippen molar-refractivity contribution in [3.63, 3.8) is 0 Å². The zero-order valence-electron chi connectivity index (χ0n) is 15.1. The summed E-state index contributed by atoms with van der Waals surface area (Å²) in [6.45, 7) is 8.34. The standard InChI is InChI=1S/C16H26N6O3/c1-9(2)18-6-10-5-11(25-16(3,4)23)15(24-10)22-8-21-12-13(17)19-7-20-14(12)22/h7-11,15,18,23H,5-6H2,1-4H3,(H2,17,19,20)/p+1/t10-,11+,15+/m0/s1. The van der Waals surface area contributed by atoms with Crippen LogP contribution in [-0.4, -0.2) is 55.2 Å². The maximum Gasteiger partial charge on any atom is 0.267 e. The molecule has 1 fully saturated rings. The minimum atomic E-state index is -1.02. The summed E-state index contributed by atoms with van der Waals surface area (Å²) in [4.78, 5) is 12.6. The zero-order valence-corrected chi connectivity index (χ0v) is 15.1. The predicted molar refractivity (Wildman–Crippen MR) is 94.0 cm³/mol. The third-order valence-electron chi connectivity index (χ3n) is 4.01. The molecule has 1 aliphatic heterocycles. The van der Waals surface area contributed by atoms with Crippen LogP contribution in [0.2, 0.25) is 0 Å². The van der Waals surface area contributed by atoms with Gasteiger partial charge in [-0.25, -0.2) is 15.0 Å². The van der Waals surface area contributed by atoms with Crippen LogP contribution in [-0.2, 0) is 9.47 Å². The van der Waals surface area contributed by atoms with E-state index in [0.717, 1.165) is 6.54 Å². The number of fused-ring (bicyclic) bond motifs is 1. The molecular weight excluding hydrogens is 324 g/mol. The first kappa shape index (κ1) is 18.0. The molecule has 0 saturated carbocycles. The minimum Gasteiger partial charge on any atom is -0.420 e. The molecule has 3 heterocycles. The van der Waals surface area contributed by atoms with Gasteiger partial charge in [-0.3, -0.25) is 4.57 Å². The van der Waals surface area contributed by atoms with Crippen molar-refractivity contribution in [2.24, 2.45) is 0 Å². The second-order valence-corrected chi connectivity index (χ2v) is 7.20. The Bertz CT molecular complexity index is 726. The van der Waals surface area contributed by atoms with Crippen molar-refractivity contribution in [3.05, 3.63) is 12.7 Å². The molecule has 25 heavy (non-hydrogen) atoms. The van der Waals surface area contributed by atoms with E-state index < -0.39 is 12.0 Å². The summed E-state index contributed by atoms with van der Waals surface area (Å²) in [5.41, 5.74) is 7.02. The van der Waals surface area contributed by atoms with Gasteiger partial charge in [0.05, 0.1) is 12.4 Å². The first-order valence-corrected chi connectivity index (χ1v) is 8.49. The first-order chi connectivity index (χ1) is 11.7. The van der Waals surface area contributed by atoms with Crippen LogP contribution in [0, 0.1) is 0 Å². The van der Waals surface area contributed by atoms with Crippen LogP contribution in [0.25, 0.3) is 11.2 Å². The molecule has 1 saturated heterocycles. The van der Waals surface area contributed by atoms with Crippen molar-refractivity contribution in [2.75, 3.05) is 12.3 Å². The normalized spacial score (nSPS) is 24.5. The van der Waals surface area contributed by atoms with Crippen molar-refractivity contribution in [3.8, 4) is 0 Å². The molecule has 2 aromatic rings. The molecule has 9 heteroatoms. The first-order valence-electron chi connectivity index (χ1n) is 8.49. The molecule has 2 aromatic heterocycles. The lowest BCUT2D eigenvalue weighted by atomic mass is 10.1. The van der Waals surface area contributed by atoms with Crippen molar-refractivity contribution in [2.45, 2.75) is 64.4 Å². The number of hydrogen-bond acceptors (Lipinski definition) is 7. The van der Waals surface area contributed by atoms with E-state index >= 15 is 0 Å². The Kier molecular flexibility index (Phi) is 4.92. The van der Waals surface area contributed by atoms with E-state index in [4.69, 9.17) is 20.3 Å². The molecule has 0 aliphatic carbocycles. The number of nitrogen functional groups attached to an aromatic ring is 1. The van der Waals surface area contributed by atoms with Crippen LogP contribution < -0.4 is 11.1 Å². The molecule has 0 radical (unpaired) electrons. The molecule has 3 rings (SSSR count). The van der Waals surface area contributed by atoms with E-state index in [9.17, 15) is 0 Å². The molecule has 138 valence electrons. The van der Waals surface area contributed by atoms with Crippen molar-refractivity contribution in [1.29, 1.82) is 0 Å². The van der Waals surface area contributed by atoms with Gasteiger partial charge in [-0.15, -0.1) is 0 Å². The van der Waals surface area contributed by atoms with Crippen LogP contribution in [0.5, 0.6) is 0 Å². The average molecular weight is 351 g/mol. The average Bonchev–Trinajstić information content (AvgIpc) is 3.08. The Morgan fingerprint density at radius 2 is 2.20 bits per heavy atom. The number of ether oxygens (including phenoxy) is 2. The fraction of sp³-hybridized carbons (Fsp3) is 0.688. The van der Waals surface area contributed by atoms with Gasteiger partial charge in [-0.2, -0.15) is 0 Å². The number of imidazole rings is 1. The van der Waals surface area contributed by atoms with Gasteiger partial charge in [0.25, 0.3) is 5.79 Å². The zero-order chi connectivity index (χ0) is 18.2. The van der Waals surface area contributed by atoms with Gasteiger partial charge in [0, 0.05) is 32.9 Å². The summed E-state index contributed by atoms with van der Waals surface area (Å²) in [5.74, 6) is -0.685. The third kappa shape index (κ3) is 4.06. The van der Waals surface area contributed by atoms with Gasteiger partial charge in [-0.1, -0.05) is 13.8 Å². The lowest BCUT2D eigenvalue weighted by Crippen LogP contribution is -2.34. The monoisotopic (exact) mass is 351 g/mol. The third-order valence-corrected chi connectivity index (χ3v) is 4.01. The summed E-state index contributed by atoms with van der Waals surface area (Å²) >= 11 is 0. The van der Waals surface area contributed by atoms with Gasteiger partial charge >= 0.3 is 0 Å². The van der Waals surface area contributed by atoms with Crippen LogP contribution in [0.4, 0.5) is 5.82 Å². The van der Waals surface area contributed by atoms with Crippen LogP contribution in [0.1, 0.15) is 40.3 Å². The second-order valence-electron chi connectivity index (χ2n) is 7.20. The molecule has 3 atom stereocenters. The van der Waals surface area contributed by atoms with E-state index in [0.29, 0.717) is 29.4 Å². The Morgan fingerprint density at radius 1 is 1.44 bits per heavy atom. The topological polar surface area (TPSA) is 123 Å². The summed E-state index contributed by atoms with van der Waals surface area (Å²) in [6.07, 6.45) is 3.03. The Labute approximate surface area is 146 Å². The second kappa shape index (κ2) is 6.83. The van der Waals surface area contributed by atoms with E-state index in [1.165, 1.54) is 6.33 Å². The van der Waals surface area contributed by atoms with Crippen LogP contribution in [0.3, 0.4) is 0 Å². The number of anilines is 1. The number of nitrogens with one attached hydrogen (secondary N) is 1. The number of nitrogens with zero attached hydrogens (tertiary/aromatic N) is 4. The maximum atomic E-state index is 8.08. The Balaban J connectivity index is 1.88. The molecule has 9 nitrogen and oxygen atoms in total. The lowest BCUT2D eigenvalue weighted by molar-refractivity contribution is -0.222. The highest BCUT2D eigenvalue weighted by atomic mass is 16.7. The Hall–Kier alpha value is -1.81. The highest BCUT2D eigenvalue weighted by Crippen LogP contribution is 2.35. The van der Waals surface area contributed by atoms with Crippen molar-refractivity contribution >= 4 is 17.0 Å². The largest absolute Gasteiger partial charge is 0.420 e. The summed E-state index contributed by atoms with van der Waals surface area (Å²) in [7, 11) is 0. The van der Waals surface area contributed by atoms with Gasteiger partial charge in [0.2, 0.25) is 0 Å². The molecule has 0 unspecified atom stereocenters. The molecule has 0 amide bonds. The van der Waals surface area contributed by atoms with Crippen molar-refractivity contribution in [1.82, 2.24) is 24.8 Å². The van der Waals surface area contributed by atoms with Crippen molar-refractivity contribution < 1.29 is 14.6 Å². The molecule has 5 N–H and O–H groups in total. The van der Waals surface area contributed by atoms with E-state index in [-0.39, 0.29) is 12.2 Å². The summed E-state index contributed by atoms with van der Waals surface area (Å²) in [5, 5.41) is 11.5. The molecule has 0 spiro atoms. The van der Waals surface area contributed by atoms with E-state index in [1.54, 1.807) is 20.2 Å². The van der Waals surface area contributed by atoms with Crippen LogP contribution >= 0.6 is 0 Å². The smallest absolute Gasteiger partial charge is 0.267 e. The van der Waals surface area contributed by atoms with Crippen LogP contribution in [0.15, 0.2) is 12.7 Å². The summed E-state index contributed by atoms with van der Waals surface area (Å²) in [6, 6.07) is 0.372. The predicted octanol–water partition coefficient (Wildman–Crippen LogP) is 0.540. The summed E-state index contributed by atoms with van der Waals surface area (Å²) < 4.78 is 14.0. The van der Waals surface area contributed by atoms with Gasteiger partial charge in [0.15, 0.2) is 17.7 Å². The van der Waals surface area contributed by atoms with E-state index in [1.807, 2.05) is 4.57 Å². The number of aromatic nitrogens is 4. The quantitative estimate of drug-likeness (QED) is 0.575. The number of hydrogen-bond donors (Lipinski definition) is 2. The molecule has 0 bridgehead atoms. The Morgan fingerprint density at radius 3 is 2.88 bits per heavy atom. The number of nitrogens with two attached hydrogens (primary N) is 1. The van der Waals surface area contributed by atoms with Gasteiger partial charge in [0.1, 0.15) is 17.9 Å². The highest BCUT2D eigenvalue weighted by molar-refractivity contribution is 5.81. The molecular formula is C16H27N6O3+. The minimum absolute atomic E-state index is 0.0172. The number of rotatable bonds is 6. The fourth-order valence-electron chi connectivity index (χ4n) is 3.00. The fourth-order valence-corrected chi connectivity index (χ4v) is 3.00. The van der Waals surface area contributed by atoms with Gasteiger partial charge in [-0.05, 0) is 0 Å².